The van der Waals surface area contributed by atoms with Crippen LogP contribution in [0.5, 0.6) is 0 Å². The molecule has 0 bridgehead atoms. The van der Waals surface area contributed by atoms with E-state index in [4.69, 9.17) is 28.4 Å². The third-order valence-corrected chi connectivity index (χ3v) is 14.9. The molecule has 0 saturated heterocycles. The highest BCUT2D eigenvalue weighted by Gasteiger charge is 2.23. The van der Waals surface area contributed by atoms with Crippen molar-refractivity contribution < 1.29 is 38.0 Å². The summed E-state index contributed by atoms with van der Waals surface area (Å²) in [6, 6.07) is 49.2. The lowest BCUT2D eigenvalue weighted by Crippen LogP contribution is -2.20. The van der Waals surface area contributed by atoms with Crippen LogP contribution >= 0.6 is 0 Å². The zero-order chi connectivity index (χ0) is 58.8. The van der Waals surface area contributed by atoms with E-state index in [9.17, 15) is 9.59 Å². The number of ether oxygens (including phenoxy) is 6. The van der Waals surface area contributed by atoms with Crippen LogP contribution in [0.15, 0.2) is 197 Å². The molecule has 0 unspecified atom stereocenters. The number of rotatable bonds is 22. The van der Waals surface area contributed by atoms with Crippen molar-refractivity contribution in [2.75, 3.05) is 26.8 Å². The van der Waals surface area contributed by atoms with Crippen LogP contribution in [0.25, 0.3) is 0 Å². The molecule has 2 fully saturated rings. The molecule has 8 nitrogen and oxygen atoms in total. The van der Waals surface area contributed by atoms with Gasteiger partial charge in [-0.15, -0.1) is 0 Å². The van der Waals surface area contributed by atoms with Gasteiger partial charge < -0.3 is 28.4 Å². The highest BCUT2D eigenvalue weighted by atomic mass is 16.7. The maximum Gasteiger partial charge on any atom is 0.330 e. The summed E-state index contributed by atoms with van der Waals surface area (Å²) >= 11 is 0. The van der Waals surface area contributed by atoms with E-state index in [0.29, 0.717) is 38.3 Å². The van der Waals surface area contributed by atoms with Crippen molar-refractivity contribution in [3.8, 4) is 47.4 Å². The first-order chi connectivity index (χ1) is 41.2. The molecule has 0 aliphatic heterocycles. The van der Waals surface area contributed by atoms with Crippen LogP contribution in [-0.4, -0.2) is 38.7 Å². The highest BCUT2D eigenvalue weighted by molar-refractivity contribution is 5.81. The zero-order valence-corrected chi connectivity index (χ0v) is 48.3. The smallest absolute Gasteiger partial charge is 0.330 e. The SMILES string of the molecule is C=COCOCc1ccc(C#Cc2ccc(C#Cc3ccc(CCC4CCC(COC(=O)C=C)CC4)cc3)cc2)cc1.C=COCOCc1ccc(C#Cc2ccc(C#Cc3ccc(CCC4CCC(COC(=O)C=C)CC4)cc3)cc2)cc1. The molecule has 0 heterocycles. The Morgan fingerprint density at radius 3 is 0.845 bits per heavy atom. The van der Waals surface area contributed by atoms with Crippen LogP contribution in [0, 0.1) is 71.0 Å². The van der Waals surface area contributed by atoms with Gasteiger partial charge >= 0.3 is 11.9 Å². The summed E-state index contributed by atoms with van der Waals surface area (Å²) in [6.07, 6.45) is 19.1. The van der Waals surface area contributed by atoms with Gasteiger partial charge in [0.25, 0.3) is 0 Å². The van der Waals surface area contributed by atoms with E-state index in [2.05, 4.69) is 122 Å². The molecule has 2 aliphatic carbocycles. The second kappa shape index (κ2) is 35.8. The molecule has 8 rings (SSSR count). The molecule has 2 saturated carbocycles. The van der Waals surface area contributed by atoms with Gasteiger partial charge in [-0.2, -0.15) is 0 Å². The van der Waals surface area contributed by atoms with E-state index in [-0.39, 0.29) is 25.5 Å². The van der Waals surface area contributed by atoms with Gasteiger partial charge in [0.15, 0.2) is 13.6 Å². The van der Waals surface area contributed by atoms with Crippen LogP contribution in [0.3, 0.4) is 0 Å². The summed E-state index contributed by atoms with van der Waals surface area (Å²) in [5, 5.41) is 0. The lowest BCUT2D eigenvalue weighted by atomic mass is 9.80. The Morgan fingerprint density at radius 2 is 0.595 bits per heavy atom. The van der Waals surface area contributed by atoms with Gasteiger partial charge in [-0.3, -0.25) is 0 Å². The lowest BCUT2D eigenvalue weighted by Gasteiger charge is -2.28. The Hall–Kier alpha value is -9.02. The van der Waals surface area contributed by atoms with Crippen molar-refractivity contribution >= 4 is 11.9 Å². The average molecular weight is 1120 g/mol. The van der Waals surface area contributed by atoms with Crippen molar-refractivity contribution in [1.29, 1.82) is 0 Å². The summed E-state index contributed by atoms with van der Waals surface area (Å²) in [4.78, 5) is 22.5. The van der Waals surface area contributed by atoms with Gasteiger partial charge in [-0.1, -0.05) is 148 Å². The van der Waals surface area contributed by atoms with Gasteiger partial charge in [0.1, 0.15) is 0 Å². The number of carbonyl (C=O) groups excluding carboxylic acids is 2. The standard InChI is InChI=1S/2C38H38O4/c2*1-3-38(39)42-28-37-25-21-35(22-26-37)18-16-33-13-9-31(10-14-33)6-5-30-7-11-32(12-8-30)15-17-34-19-23-36(24-20-34)27-41-29-40-4-2/h2*3-4,7-14,19-20,23-24,35,37H,1-2,16,18,21-22,25-29H2. The van der Waals surface area contributed by atoms with Crippen LogP contribution in [-0.2, 0) is 64.1 Å². The van der Waals surface area contributed by atoms with E-state index in [1.54, 1.807) is 0 Å². The first kappa shape index (κ1) is 62.6. The molecule has 0 spiro atoms. The minimum absolute atomic E-state index is 0.195. The van der Waals surface area contributed by atoms with Gasteiger partial charge in [0, 0.05) is 56.7 Å². The fourth-order valence-corrected chi connectivity index (χ4v) is 9.87. The number of benzene rings is 6. The fraction of sp³-hybridized carbons (Fsp3) is 0.289. The molecule has 0 amide bonds. The fourth-order valence-electron chi connectivity index (χ4n) is 9.87. The largest absolute Gasteiger partial charge is 0.476 e. The summed E-state index contributed by atoms with van der Waals surface area (Å²) in [6.45, 7) is 16.3. The Balaban J connectivity index is 0.000000241. The topological polar surface area (TPSA) is 89.5 Å². The molecule has 2 aliphatic rings. The van der Waals surface area contributed by atoms with Crippen molar-refractivity contribution in [2.45, 2.75) is 90.3 Å². The molecule has 6 aromatic rings. The molecule has 8 heteroatoms. The number of hydrogen-bond donors (Lipinski definition) is 0. The summed E-state index contributed by atoms with van der Waals surface area (Å²) in [7, 11) is 0. The first-order valence-corrected chi connectivity index (χ1v) is 29.0. The maximum absolute atomic E-state index is 11.3. The van der Waals surface area contributed by atoms with Gasteiger partial charge in [0.05, 0.1) is 39.0 Å². The predicted molar refractivity (Wildman–Crippen MR) is 334 cm³/mol. The minimum Gasteiger partial charge on any atom is -0.476 e. The monoisotopic (exact) mass is 1120 g/mol. The van der Waals surface area contributed by atoms with Crippen molar-refractivity contribution in [3.63, 3.8) is 0 Å². The molecule has 84 heavy (non-hydrogen) atoms. The molecule has 0 atom stereocenters. The third kappa shape index (κ3) is 23.5. The van der Waals surface area contributed by atoms with Crippen molar-refractivity contribution in [2.24, 2.45) is 23.7 Å². The molecule has 0 radical (unpaired) electrons. The lowest BCUT2D eigenvalue weighted by molar-refractivity contribution is -0.140. The molecule has 0 N–H and O–H groups in total. The number of hydrogen-bond acceptors (Lipinski definition) is 8. The normalized spacial score (nSPS) is 15.7. The quantitative estimate of drug-likeness (QED) is 0.0166. The number of carbonyl (C=O) groups is 2. The average Bonchev–Trinajstić information content (AvgIpc) is 3.59. The summed E-state index contributed by atoms with van der Waals surface area (Å²) in [5.41, 5.74) is 12.6. The molecule has 6 aromatic carbocycles. The molecule has 0 aromatic heterocycles. The van der Waals surface area contributed by atoms with E-state index < -0.39 is 0 Å². The summed E-state index contributed by atoms with van der Waals surface area (Å²) < 4.78 is 31.1. The van der Waals surface area contributed by atoms with Crippen molar-refractivity contribution in [3.05, 3.63) is 263 Å². The van der Waals surface area contributed by atoms with Crippen molar-refractivity contribution in [1.82, 2.24) is 0 Å². The van der Waals surface area contributed by atoms with E-state index in [1.165, 1.54) is 74.3 Å². The Morgan fingerprint density at radius 1 is 0.357 bits per heavy atom. The number of aryl methyl sites for hydroxylation is 2. The van der Waals surface area contributed by atoms with Crippen LogP contribution in [0.2, 0.25) is 0 Å². The van der Waals surface area contributed by atoms with Crippen LogP contribution < -0.4 is 0 Å². The van der Waals surface area contributed by atoms with Gasteiger partial charge in [-0.05, 0) is 194 Å². The zero-order valence-electron chi connectivity index (χ0n) is 48.3. The molecular formula is C76H76O8. The second-order valence-electron chi connectivity index (χ2n) is 21.1. The van der Waals surface area contributed by atoms with Crippen LogP contribution in [0.1, 0.15) is 131 Å². The maximum atomic E-state index is 11.3. The van der Waals surface area contributed by atoms with Crippen LogP contribution in [0.4, 0.5) is 0 Å². The molecule has 428 valence electrons. The Kier molecular flexibility index (Phi) is 26.6. The molecular weight excluding hydrogens is 1040 g/mol. The first-order valence-electron chi connectivity index (χ1n) is 29.0. The van der Waals surface area contributed by atoms with E-state index in [1.807, 2.05) is 97.1 Å². The Bertz CT molecular complexity index is 3070. The van der Waals surface area contributed by atoms with E-state index >= 15 is 0 Å². The minimum atomic E-state index is -0.318. The van der Waals surface area contributed by atoms with Gasteiger partial charge in [0.2, 0.25) is 0 Å². The third-order valence-electron chi connectivity index (χ3n) is 14.9. The van der Waals surface area contributed by atoms with Gasteiger partial charge in [-0.25, -0.2) is 9.59 Å². The Labute approximate surface area is 499 Å². The summed E-state index contributed by atoms with van der Waals surface area (Å²) in [5.74, 6) is 27.8. The predicted octanol–water partition coefficient (Wildman–Crippen LogP) is 15.2. The van der Waals surface area contributed by atoms with E-state index in [0.717, 1.165) is 106 Å². The second-order valence-corrected chi connectivity index (χ2v) is 21.1. The highest BCUT2D eigenvalue weighted by Crippen LogP contribution is 2.33. The number of esters is 2.